The number of rotatable bonds is 2. The van der Waals surface area contributed by atoms with E-state index in [1.54, 1.807) is 0 Å². The molecule has 0 saturated carbocycles. The summed E-state index contributed by atoms with van der Waals surface area (Å²) >= 11 is 0. The third-order valence-electron chi connectivity index (χ3n) is 5.73. The average molecular weight is 339 g/mol. The summed E-state index contributed by atoms with van der Waals surface area (Å²) in [6.45, 7) is 18.7. The molecule has 0 bridgehead atoms. The number of likely N-dealkylation sites (tertiary alicyclic amines) is 1. The Morgan fingerprint density at radius 3 is 2.00 bits per heavy atom. The molecule has 4 nitrogen and oxygen atoms in total. The number of nitrogens with zero attached hydrogens (tertiary/aromatic N) is 1. The predicted octanol–water partition coefficient (Wildman–Crippen LogP) is 3.59. The number of hydrogen-bond donors (Lipinski definition) is 1. The quantitative estimate of drug-likeness (QED) is 0.836. The monoisotopic (exact) mass is 338 g/mol. The summed E-state index contributed by atoms with van der Waals surface area (Å²) in [5.74, 6) is 0.767. The van der Waals surface area contributed by atoms with Crippen LogP contribution in [-0.2, 0) is 9.53 Å². The van der Waals surface area contributed by atoms with E-state index < -0.39 is 0 Å². The number of carbonyl (C=O) groups excluding carboxylic acids is 1. The van der Waals surface area contributed by atoms with Crippen LogP contribution < -0.4 is 5.32 Å². The second kappa shape index (κ2) is 6.95. The summed E-state index contributed by atoms with van der Waals surface area (Å²) in [5, 5.41) is 3.34. The highest BCUT2D eigenvalue weighted by atomic mass is 16.5. The first-order chi connectivity index (χ1) is 10.9. The van der Waals surface area contributed by atoms with Gasteiger partial charge in [-0.25, -0.2) is 0 Å². The molecule has 2 rings (SSSR count). The van der Waals surface area contributed by atoms with Gasteiger partial charge in [-0.3, -0.25) is 9.69 Å². The Morgan fingerprint density at radius 1 is 1.00 bits per heavy atom. The van der Waals surface area contributed by atoms with Crippen molar-refractivity contribution in [3.63, 3.8) is 0 Å². The van der Waals surface area contributed by atoms with Gasteiger partial charge in [-0.1, -0.05) is 20.8 Å². The minimum Gasteiger partial charge on any atom is -0.375 e. The Labute approximate surface area is 148 Å². The standard InChI is InChI=1S/C20H38N2O2/c1-13-9-16(10-14(2)24-13)21-18(23)17-11-15(19(3,4)5)12-22(17)20(6,7)8/h13-17H,9-12H2,1-8H3,(H,21,23)/t13-,14+,15?,16?,17-/m0/s1. The van der Waals surface area contributed by atoms with Crippen molar-refractivity contribution in [3.05, 3.63) is 0 Å². The van der Waals surface area contributed by atoms with E-state index in [-0.39, 0.29) is 41.2 Å². The SMILES string of the molecule is C[C@@H]1CC(NC(=O)[C@@H]2CC(C(C)(C)C)CN2C(C)(C)C)C[C@H](C)O1. The molecule has 0 aromatic rings. The van der Waals surface area contributed by atoms with E-state index in [2.05, 4.69) is 65.6 Å². The van der Waals surface area contributed by atoms with Gasteiger partial charge in [0.2, 0.25) is 5.91 Å². The zero-order valence-electron chi connectivity index (χ0n) is 17.0. The van der Waals surface area contributed by atoms with E-state index in [1.807, 2.05) is 0 Å². The first-order valence-electron chi connectivity index (χ1n) is 9.60. The Balaban J connectivity index is 2.08. The summed E-state index contributed by atoms with van der Waals surface area (Å²) in [6.07, 6.45) is 3.25. The highest BCUT2D eigenvalue weighted by Crippen LogP contribution is 2.40. The van der Waals surface area contributed by atoms with E-state index in [0.717, 1.165) is 25.8 Å². The highest BCUT2D eigenvalue weighted by molar-refractivity contribution is 5.82. The summed E-state index contributed by atoms with van der Waals surface area (Å²) < 4.78 is 5.80. The van der Waals surface area contributed by atoms with Crippen LogP contribution in [0.15, 0.2) is 0 Å². The number of carbonyl (C=O) groups is 1. The lowest BCUT2D eigenvalue weighted by molar-refractivity contribution is -0.129. The number of amides is 1. The van der Waals surface area contributed by atoms with E-state index in [4.69, 9.17) is 4.74 Å². The van der Waals surface area contributed by atoms with E-state index in [1.165, 1.54) is 0 Å². The second-order valence-electron chi connectivity index (χ2n) is 10.1. The Bertz CT molecular complexity index is 440. The smallest absolute Gasteiger partial charge is 0.237 e. The number of ether oxygens (including phenoxy) is 1. The Hall–Kier alpha value is -0.610. The molecule has 2 saturated heterocycles. The van der Waals surface area contributed by atoms with Gasteiger partial charge in [-0.05, 0) is 65.2 Å². The fraction of sp³-hybridized carbons (Fsp3) is 0.950. The van der Waals surface area contributed by atoms with Crippen LogP contribution in [0.3, 0.4) is 0 Å². The minimum atomic E-state index is -0.0114. The van der Waals surface area contributed by atoms with Crippen LogP contribution >= 0.6 is 0 Å². The van der Waals surface area contributed by atoms with Crippen LogP contribution in [-0.4, -0.2) is 47.2 Å². The predicted molar refractivity (Wildman–Crippen MR) is 99.0 cm³/mol. The summed E-state index contributed by atoms with van der Waals surface area (Å²) in [4.78, 5) is 15.5. The minimum absolute atomic E-state index is 0.0114. The van der Waals surface area contributed by atoms with Crippen LogP contribution in [0.5, 0.6) is 0 Å². The molecule has 4 heteroatoms. The molecule has 2 fully saturated rings. The summed E-state index contributed by atoms with van der Waals surface area (Å²) in [6, 6.07) is 0.231. The highest BCUT2D eigenvalue weighted by Gasteiger charge is 2.45. The van der Waals surface area contributed by atoms with Crippen LogP contribution in [0, 0.1) is 11.3 Å². The molecule has 1 amide bonds. The molecule has 2 heterocycles. The fourth-order valence-corrected chi connectivity index (χ4v) is 4.27. The molecule has 2 aliphatic rings. The maximum atomic E-state index is 13.1. The number of nitrogens with one attached hydrogen (secondary N) is 1. The first-order valence-corrected chi connectivity index (χ1v) is 9.60. The van der Waals surface area contributed by atoms with Crippen molar-refractivity contribution in [1.82, 2.24) is 10.2 Å². The summed E-state index contributed by atoms with van der Waals surface area (Å²) in [7, 11) is 0. The van der Waals surface area contributed by atoms with Crippen LogP contribution in [0.1, 0.15) is 74.7 Å². The van der Waals surface area contributed by atoms with Gasteiger partial charge >= 0.3 is 0 Å². The Kier molecular flexibility index (Phi) is 5.71. The topological polar surface area (TPSA) is 41.6 Å². The van der Waals surface area contributed by atoms with Gasteiger partial charge in [0.15, 0.2) is 0 Å². The first kappa shape index (κ1) is 19.7. The van der Waals surface area contributed by atoms with Gasteiger partial charge in [0.05, 0.1) is 18.2 Å². The molecule has 2 aliphatic heterocycles. The van der Waals surface area contributed by atoms with Crippen molar-refractivity contribution in [3.8, 4) is 0 Å². The van der Waals surface area contributed by atoms with Gasteiger partial charge in [-0.2, -0.15) is 0 Å². The maximum absolute atomic E-state index is 13.1. The molecule has 2 unspecified atom stereocenters. The van der Waals surface area contributed by atoms with Crippen molar-refractivity contribution in [2.24, 2.45) is 11.3 Å². The van der Waals surface area contributed by atoms with Gasteiger partial charge in [0.25, 0.3) is 0 Å². The molecule has 0 spiro atoms. The average Bonchev–Trinajstić information content (AvgIpc) is 2.81. The molecular weight excluding hydrogens is 300 g/mol. The molecule has 5 atom stereocenters. The van der Waals surface area contributed by atoms with E-state index in [9.17, 15) is 4.79 Å². The van der Waals surface area contributed by atoms with Gasteiger partial charge < -0.3 is 10.1 Å². The largest absolute Gasteiger partial charge is 0.375 e. The normalized spacial score (nSPS) is 35.9. The Morgan fingerprint density at radius 2 is 1.54 bits per heavy atom. The van der Waals surface area contributed by atoms with Crippen LogP contribution in [0.25, 0.3) is 0 Å². The van der Waals surface area contributed by atoms with Gasteiger partial charge in [-0.15, -0.1) is 0 Å². The van der Waals surface area contributed by atoms with Crippen LogP contribution in [0.4, 0.5) is 0 Å². The summed E-state index contributed by atoms with van der Waals surface area (Å²) in [5.41, 5.74) is 0.249. The van der Waals surface area contributed by atoms with E-state index >= 15 is 0 Å². The number of hydrogen-bond acceptors (Lipinski definition) is 3. The molecular formula is C20H38N2O2. The lowest BCUT2D eigenvalue weighted by Gasteiger charge is -2.38. The lowest BCUT2D eigenvalue weighted by Crippen LogP contribution is -2.54. The lowest BCUT2D eigenvalue weighted by atomic mass is 9.79. The van der Waals surface area contributed by atoms with Gasteiger partial charge in [0, 0.05) is 18.1 Å². The fourth-order valence-electron chi connectivity index (χ4n) is 4.27. The van der Waals surface area contributed by atoms with Crippen molar-refractivity contribution >= 4 is 5.91 Å². The molecule has 0 aromatic carbocycles. The van der Waals surface area contributed by atoms with Crippen molar-refractivity contribution < 1.29 is 9.53 Å². The molecule has 0 aromatic heterocycles. The van der Waals surface area contributed by atoms with Crippen molar-refractivity contribution in [1.29, 1.82) is 0 Å². The molecule has 24 heavy (non-hydrogen) atoms. The van der Waals surface area contributed by atoms with Crippen molar-refractivity contribution in [2.75, 3.05) is 6.54 Å². The zero-order valence-corrected chi connectivity index (χ0v) is 17.0. The molecule has 0 aliphatic carbocycles. The van der Waals surface area contributed by atoms with Gasteiger partial charge in [0.1, 0.15) is 0 Å². The molecule has 140 valence electrons. The van der Waals surface area contributed by atoms with Crippen molar-refractivity contribution in [2.45, 2.75) is 104 Å². The molecule has 0 radical (unpaired) electrons. The third-order valence-corrected chi connectivity index (χ3v) is 5.73. The molecule has 1 N–H and O–H groups in total. The van der Waals surface area contributed by atoms with E-state index in [0.29, 0.717) is 5.92 Å². The zero-order chi connectivity index (χ0) is 18.3. The second-order valence-corrected chi connectivity index (χ2v) is 10.1. The third kappa shape index (κ3) is 4.72. The van der Waals surface area contributed by atoms with Crippen LogP contribution in [0.2, 0.25) is 0 Å². The maximum Gasteiger partial charge on any atom is 0.237 e.